The molecule has 0 spiro atoms. The van der Waals surface area contributed by atoms with Gasteiger partial charge in [-0.05, 0) is 18.6 Å². The minimum Gasteiger partial charge on any atom is -0.497 e. The van der Waals surface area contributed by atoms with Crippen LogP contribution in [0.3, 0.4) is 0 Å². The number of halogens is 1. The van der Waals surface area contributed by atoms with Gasteiger partial charge in [0.15, 0.2) is 0 Å². The van der Waals surface area contributed by atoms with Gasteiger partial charge in [-0.3, -0.25) is 9.59 Å². The van der Waals surface area contributed by atoms with E-state index in [4.69, 9.17) is 4.74 Å². The van der Waals surface area contributed by atoms with Crippen molar-refractivity contribution in [3.05, 3.63) is 29.6 Å². The molecule has 0 atom stereocenters. The lowest BCUT2D eigenvalue weighted by Gasteiger charge is -2.07. The molecule has 1 rings (SSSR count). The standard InChI is InChI=1S/C13H17FN2O3/c1-3-6-15-12(17)8-16-13(18)10-5-4-9(19-2)7-11(10)14/h4-5,7H,3,6,8H2,1-2H3,(H,15,17)(H,16,18). The fraction of sp³-hybridized carbons (Fsp3) is 0.385. The molecule has 0 aliphatic heterocycles. The minimum absolute atomic E-state index is 0.121. The first kappa shape index (κ1) is 14.9. The zero-order valence-electron chi connectivity index (χ0n) is 11.0. The van der Waals surface area contributed by atoms with Crippen molar-refractivity contribution in [2.24, 2.45) is 0 Å². The molecule has 0 radical (unpaired) electrons. The summed E-state index contributed by atoms with van der Waals surface area (Å²) in [6, 6.07) is 3.91. The van der Waals surface area contributed by atoms with Gasteiger partial charge in [-0.2, -0.15) is 0 Å². The van der Waals surface area contributed by atoms with Crippen molar-refractivity contribution in [2.75, 3.05) is 20.2 Å². The summed E-state index contributed by atoms with van der Waals surface area (Å²) in [5.41, 5.74) is -0.121. The monoisotopic (exact) mass is 268 g/mol. The van der Waals surface area contributed by atoms with Crippen molar-refractivity contribution in [1.29, 1.82) is 0 Å². The molecule has 5 nitrogen and oxygen atoms in total. The van der Waals surface area contributed by atoms with E-state index < -0.39 is 11.7 Å². The molecule has 6 heteroatoms. The number of carbonyl (C=O) groups excluding carboxylic acids is 2. The largest absolute Gasteiger partial charge is 0.497 e. The molecular formula is C13H17FN2O3. The molecule has 0 aliphatic rings. The molecule has 0 aromatic heterocycles. The second-order valence-electron chi connectivity index (χ2n) is 3.88. The van der Waals surface area contributed by atoms with Crippen molar-refractivity contribution in [2.45, 2.75) is 13.3 Å². The molecule has 2 amide bonds. The molecule has 1 aromatic rings. The molecule has 0 aliphatic carbocycles. The van der Waals surface area contributed by atoms with Gasteiger partial charge in [0.2, 0.25) is 5.91 Å². The Morgan fingerprint density at radius 1 is 1.32 bits per heavy atom. The van der Waals surface area contributed by atoms with E-state index in [2.05, 4.69) is 10.6 Å². The number of carbonyl (C=O) groups is 2. The smallest absolute Gasteiger partial charge is 0.254 e. The van der Waals surface area contributed by atoms with Crippen molar-refractivity contribution in [3.8, 4) is 5.75 Å². The molecule has 0 bridgehead atoms. The molecule has 0 heterocycles. The number of rotatable bonds is 6. The summed E-state index contributed by atoms with van der Waals surface area (Å²) in [6.45, 7) is 2.29. The van der Waals surface area contributed by atoms with Gasteiger partial charge >= 0.3 is 0 Å². The summed E-state index contributed by atoms with van der Waals surface area (Å²) in [4.78, 5) is 23.0. The number of methoxy groups -OCH3 is 1. The molecule has 104 valence electrons. The van der Waals surface area contributed by atoms with Gasteiger partial charge in [-0.15, -0.1) is 0 Å². The maximum absolute atomic E-state index is 13.6. The fourth-order valence-electron chi connectivity index (χ4n) is 1.39. The zero-order valence-corrected chi connectivity index (χ0v) is 11.0. The molecular weight excluding hydrogens is 251 g/mol. The Hall–Kier alpha value is -2.11. The lowest BCUT2D eigenvalue weighted by molar-refractivity contribution is -0.120. The number of benzene rings is 1. The number of nitrogens with one attached hydrogen (secondary N) is 2. The van der Waals surface area contributed by atoms with Gasteiger partial charge in [-0.25, -0.2) is 4.39 Å². The average Bonchev–Trinajstić information content (AvgIpc) is 2.42. The van der Waals surface area contributed by atoms with Crippen LogP contribution >= 0.6 is 0 Å². The molecule has 19 heavy (non-hydrogen) atoms. The van der Waals surface area contributed by atoms with E-state index in [0.29, 0.717) is 12.3 Å². The van der Waals surface area contributed by atoms with Crippen LogP contribution in [-0.4, -0.2) is 32.0 Å². The maximum Gasteiger partial charge on any atom is 0.254 e. The summed E-state index contributed by atoms with van der Waals surface area (Å²) < 4.78 is 18.4. The van der Waals surface area contributed by atoms with Crippen LogP contribution in [0, 0.1) is 5.82 Å². The van der Waals surface area contributed by atoms with Crippen molar-refractivity contribution < 1.29 is 18.7 Å². The van der Waals surface area contributed by atoms with Crippen LogP contribution in [0.5, 0.6) is 5.75 Å². The molecule has 0 fully saturated rings. The van der Waals surface area contributed by atoms with Crippen LogP contribution in [0.25, 0.3) is 0 Å². The highest BCUT2D eigenvalue weighted by molar-refractivity contribution is 5.96. The number of hydrogen-bond acceptors (Lipinski definition) is 3. The summed E-state index contributed by atoms with van der Waals surface area (Å²) in [6.07, 6.45) is 0.812. The second kappa shape index (κ2) is 7.35. The van der Waals surface area contributed by atoms with Crippen LogP contribution in [0.4, 0.5) is 4.39 Å². The van der Waals surface area contributed by atoms with Gasteiger partial charge < -0.3 is 15.4 Å². The highest BCUT2D eigenvalue weighted by Gasteiger charge is 2.13. The van der Waals surface area contributed by atoms with E-state index in [1.54, 1.807) is 0 Å². The number of amides is 2. The van der Waals surface area contributed by atoms with Gasteiger partial charge in [0.25, 0.3) is 5.91 Å². The second-order valence-corrected chi connectivity index (χ2v) is 3.88. The van der Waals surface area contributed by atoms with Crippen molar-refractivity contribution in [3.63, 3.8) is 0 Å². The van der Waals surface area contributed by atoms with E-state index in [9.17, 15) is 14.0 Å². The normalized spacial score (nSPS) is 9.84. The van der Waals surface area contributed by atoms with Crippen LogP contribution in [0.1, 0.15) is 23.7 Å². The first-order chi connectivity index (χ1) is 9.08. The highest BCUT2D eigenvalue weighted by atomic mass is 19.1. The first-order valence-corrected chi connectivity index (χ1v) is 5.97. The van der Waals surface area contributed by atoms with Crippen molar-refractivity contribution >= 4 is 11.8 Å². The van der Waals surface area contributed by atoms with Gasteiger partial charge in [0, 0.05) is 12.6 Å². The van der Waals surface area contributed by atoms with E-state index in [-0.39, 0.29) is 18.0 Å². The van der Waals surface area contributed by atoms with Crippen LogP contribution in [-0.2, 0) is 4.79 Å². The Morgan fingerprint density at radius 2 is 2.05 bits per heavy atom. The molecule has 0 unspecified atom stereocenters. The molecule has 0 saturated carbocycles. The summed E-state index contributed by atoms with van der Waals surface area (Å²) in [7, 11) is 1.41. The lowest BCUT2D eigenvalue weighted by Crippen LogP contribution is -2.37. The Labute approximate surface area is 111 Å². The predicted octanol–water partition coefficient (Wildman–Crippen LogP) is 1.09. The van der Waals surface area contributed by atoms with Crippen molar-refractivity contribution in [1.82, 2.24) is 10.6 Å². The quantitative estimate of drug-likeness (QED) is 0.811. The Kier molecular flexibility index (Phi) is 5.78. The van der Waals surface area contributed by atoms with Gasteiger partial charge in [-0.1, -0.05) is 6.92 Å². The van der Waals surface area contributed by atoms with E-state index >= 15 is 0 Å². The number of ether oxygens (including phenoxy) is 1. The van der Waals surface area contributed by atoms with E-state index in [0.717, 1.165) is 12.5 Å². The van der Waals surface area contributed by atoms with Gasteiger partial charge in [0.05, 0.1) is 19.2 Å². The third-order valence-corrected chi connectivity index (χ3v) is 2.40. The highest BCUT2D eigenvalue weighted by Crippen LogP contribution is 2.15. The number of hydrogen-bond donors (Lipinski definition) is 2. The Bertz CT molecular complexity index is 463. The lowest BCUT2D eigenvalue weighted by atomic mass is 10.2. The molecule has 1 aromatic carbocycles. The summed E-state index contributed by atoms with van der Waals surface area (Å²) in [5.74, 6) is -1.29. The zero-order chi connectivity index (χ0) is 14.3. The fourth-order valence-corrected chi connectivity index (χ4v) is 1.39. The Balaban J connectivity index is 2.56. The Morgan fingerprint density at radius 3 is 2.63 bits per heavy atom. The van der Waals surface area contributed by atoms with E-state index in [1.165, 1.54) is 19.2 Å². The van der Waals surface area contributed by atoms with Crippen LogP contribution < -0.4 is 15.4 Å². The van der Waals surface area contributed by atoms with Gasteiger partial charge in [0.1, 0.15) is 11.6 Å². The minimum atomic E-state index is -0.689. The van der Waals surface area contributed by atoms with Crippen LogP contribution in [0.15, 0.2) is 18.2 Å². The SMILES string of the molecule is CCCNC(=O)CNC(=O)c1ccc(OC)cc1F. The predicted molar refractivity (Wildman–Crippen MR) is 68.6 cm³/mol. The molecule has 0 saturated heterocycles. The average molecular weight is 268 g/mol. The third kappa shape index (κ3) is 4.57. The summed E-state index contributed by atoms with van der Waals surface area (Å²) in [5, 5.41) is 4.96. The van der Waals surface area contributed by atoms with Crippen LogP contribution in [0.2, 0.25) is 0 Å². The summed E-state index contributed by atoms with van der Waals surface area (Å²) >= 11 is 0. The topological polar surface area (TPSA) is 67.4 Å². The third-order valence-electron chi connectivity index (χ3n) is 2.40. The molecule has 2 N–H and O–H groups in total. The maximum atomic E-state index is 13.6. The van der Waals surface area contributed by atoms with E-state index in [1.807, 2.05) is 6.92 Å². The first-order valence-electron chi connectivity index (χ1n) is 5.97.